The number of aromatic amines is 2. The SMILES string of the molecule is O=C1N=c2cc(Cl)c(Br)cc2=C1c1[nH]c(=S)n(C(Cc2ccccc2)C(=O)O)c1O.O=C1N=c2ccc(Br)cc2=C1c1[nH]c(=S)n(C(Cc2ccccc2)C(=O)O)c1O. The molecule has 6 aromatic rings. The topological polar surface area (TPSA) is 215 Å². The molecule has 2 atom stereocenters. The number of nitrogens with one attached hydrogen (secondary N) is 2. The van der Waals surface area contributed by atoms with Gasteiger partial charge < -0.3 is 30.4 Å². The summed E-state index contributed by atoms with van der Waals surface area (Å²) >= 11 is 23.3. The number of carboxylic acids is 2. The summed E-state index contributed by atoms with van der Waals surface area (Å²) in [6, 6.07) is 24.0. The lowest BCUT2D eigenvalue weighted by Crippen LogP contribution is -2.24. The van der Waals surface area contributed by atoms with E-state index in [1.165, 1.54) is 6.07 Å². The molecule has 0 aliphatic carbocycles. The van der Waals surface area contributed by atoms with Gasteiger partial charge in [0.1, 0.15) is 23.5 Å². The van der Waals surface area contributed by atoms with Crippen LogP contribution in [0.3, 0.4) is 0 Å². The molecule has 0 saturated carbocycles. The maximum Gasteiger partial charge on any atom is 0.327 e. The summed E-state index contributed by atoms with van der Waals surface area (Å²) in [5.41, 5.74) is 1.84. The highest BCUT2D eigenvalue weighted by atomic mass is 79.9. The van der Waals surface area contributed by atoms with Crippen molar-refractivity contribution in [3.05, 3.63) is 158 Å². The number of fused-ring (bicyclic) bond motifs is 2. The molecule has 19 heteroatoms. The van der Waals surface area contributed by atoms with Crippen LogP contribution in [0.5, 0.6) is 11.8 Å². The third-order valence-electron chi connectivity index (χ3n) is 9.45. The molecule has 2 amide bonds. The van der Waals surface area contributed by atoms with Gasteiger partial charge in [-0.15, -0.1) is 0 Å². The minimum Gasteiger partial charge on any atom is -0.493 e. The van der Waals surface area contributed by atoms with E-state index in [4.69, 9.17) is 36.0 Å². The third-order valence-corrected chi connectivity index (χ3v) is 11.7. The molecule has 298 valence electrons. The summed E-state index contributed by atoms with van der Waals surface area (Å²) in [6.07, 6.45) is 0.214. The van der Waals surface area contributed by atoms with E-state index in [0.717, 1.165) is 24.7 Å². The molecule has 59 heavy (non-hydrogen) atoms. The molecule has 4 aromatic carbocycles. The molecule has 0 fully saturated rings. The van der Waals surface area contributed by atoms with Crippen LogP contribution in [-0.4, -0.2) is 63.3 Å². The van der Waals surface area contributed by atoms with Crippen LogP contribution in [0.1, 0.15) is 34.6 Å². The number of hydrogen-bond acceptors (Lipinski definition) is 8. The summed E-state index contributed by atoms with van der Waals surface area (Å²) in [4.78, 5) is 62.5. The highest BCUT2D eigenvalue weighted by Crippen LogP contribution is 2.32. The number of amides is 2. The molecule has 8 rings (SSSR count). The number of H-pyrrole nitrogens is 2. The van der Waals surface area contributed by atoms with Crippen LogP contribution < -0.4 is 21.2 Å². The molecule has 14 nitrogen and oxygen atoms in total. The van der Waals surface area contributed by atoms with Crippen molar-refractivity contribution in [3.63, 3.8) is 0 Å². The summed E-state index contributed by atoms with van der Waals surface area (Å²) in [5.74, 6) is -4.30. The predicted molar refractivity (Wildman–Crippen MR) is 226 cm³/mol. The fourth-order valence-electron chi connectivity index (χ4n) is 6.74. The van der Waals surface area contributed by atoms with E-state index in [2.05, 4.69) is 51.8 Å². The second kappa shape index (κ2) is 16.8. The van der Waals surface area contributed by atoms with Crippen LogP contribution in [0.2, 0.25) is 5.02 Å². The third kappa shape index (κ3) is 8.13. The van der Waals surface area contributed by atoms with Gasteiger partial charge in [0, 0.05) is 32.2 Å². The zero-order chi connectivity index (χ0) is 42.3. The van der Waals surface area contributed by atoms with Crippen LogP contribution in [0.4, 0.5) is 0 Å². The van der Waals surface area contributed by atoms with Crippen LogP contribution in [0.15, 0.2) is 110 Å². The second-order valence-electron chi connectivity index (χ2n) is 13.1. The molecule has 2 unspecified atom stereocenters. The Bertz CT molecular complexity index is 3130. The zero-order valence-corrected chi connectivity index (χ0v) is 35.5. The van der Waals surface area contributed by atoms with E-state index >= 15 is 0 Å². The first-order valence-corrected chi connectivity index (χ1v) is 20.1. The maximum atomic E-state index is 12.6. The largest absolute Gasteiger partial charge is 0.493 e. The molecule has 2 aliphatic rings. The fourth-order valence-corrected chi connectivity index (χ4v) is 8.23. The number of halogens is 3. The van der Waals surface area contributed by atoms with E-state index in [0.29, 0.717) is 30.6 Å². The van der Waals surface area contributed by atoms with Crippen LogP contribution in [-0.2, 0) is 32.0 Å². The normalized spacial score (nSPS) is 13.8. The smallest absolute Gasteiger partial charge is 0.327 e. The number of carbonyl (C=O) groups excluding carboxylic acids is 2. The van der Waals surface area contributed by atoms with Gasteiger partial charge in [-0.25, -0.2) is 19.6 Å². The van der Waals surface area contributed by atoms with Crippen molar-refractivity contribution < 1.29 is 39.6 Å². The number of aromatic nitrogens is 4. The Morgan fingerprint density at radius 3 is 1.58 bits per heavy atom. The van der Waals surface area contributed by atoms with Gasteiger partial charge >= 0.3 is 11.9 Å². The monoisotopic (exact) mass is 976 g/mol. The average Bonchev–Trinajstić information content (AvgIpc) is 3.88. The van der Waals surface area contributed by atoms with Crippen molar-refractivity contribution in [2.24, 2.45) is 9.98 Å². The minimum atomic E-state index is -1.17. The molecule has 0 radical (unpaired) electrons. The predicted octanol–water partition coefficient (Wildman–Crippen LogP) is 5.14. The summed E-state index contributed by atoms with van der Waals surface area (Å²) < 4.78 is 3.50. The van der Waals surface area contributed by atoms with Gasteiger partial charge in [0.05, 0.1) is 26.9 Å². The molecule has 2 aromatic heterocycles. The number of nitrogens with zero attached hydrogens (tertiary/aromatic N) is 4. The fraction of sp³-hybridized carbons (Fsp3) is 0.100. The van der Waals surface area contributed by atoms with Gasteiger partial charge in [0.2, 0.25) is 11.8 Å². The van der Waals surface area contributed by atoms with E-state index in [-0.39, 0.29) is 44.9 Å². The molecule has 0 spiro atoms. The lowest BCUT2D eigenvalue weighted by atomic mass is 10.1. The first-order chi connectivity index (χ1) is 28.1. The van der Waals surface area contributed by atoms with E-state index in [1.54, 1.807) is 72.8 Å². The number of carboxylic acid groups (broad SMARTS) is 2. The summed E-state index contributed by atoms with van der Waals surface area (Å²) in [6.45, 7) is 0. The number of benzene rings is 4. The first-order valence-electron chi connectivity index (χ1n) is 17.3. The molecule has 6 N–H and O–H groups in total. The van der Waals surface area contributed by atoms with Gasteiger partial charge in [-0.1, -0.05) is 88.2 Å². The number of aliphatic carboxylic acids is 2. The van der Waals surface area contributed by atoms with Gasteiger partial charge in [-0.05, 0) is 81.8 Å². The lowest BCUT2D eigenvalue weighted by Gasteiger charge is -2.15. The Balaban J connectivity index is 0.000000179. The Kier molecular flexibility index (Phi) is 11.8. The van der Waals surface area contributed by atoms with E-state index in [1.807, 2.05) is 12.1 Å². The number of imidazole rings is 2. The summed E-state index contributed by atoms with van der Waals surface area (Å²) in [7, 11) is 0. The van der Waals surface area contributed by atoms with Crippen molar-refractivity contribution in [1.29, 1.82) is 0 Å². The zero-order valence-electron chi connectivity index (χ0n) is 29.9. The second-order valence-corrected chi connectivity index (χ2v) is 16.1. The number of rotatable bonds is 10. The Morgan fingerprint density at radius 2 is 1.12 bits per heavy atom. The Hall–Kier alpha value is -5.79. The van der Waals surface area contributed by atoms with Crippen LogP contribution in [0.25, 0.3) is 11.1 Å². The maximum absolute atomic E-state index is 12.6. The van der Waals surface area contributed by atoms with Crippen LogP contribution in [0, 0.1) is 9.54 Å². The van der Waals surface area contributed by atoms with Gasteiger partial charge in [-0.2, -0.15) is 0 Å². The van der Waals surface area contributed by atoms with Gasteiger partial charge in [0.25, 0.3) is 11.8 Å². The van der Waals surface area contributed by atoms with Crippen molar-refractivity contribution in [1.82, 2.24) is 19.1 Å². The molecule has 0 bridgehead atoms. The summed E-state index contributed by atoms with van der Waals surface area (Å²) in [5, 5.41) is 43.5. The molecular formula is C40H27Br2ClN6O8S2. The van der Waals surface area contributed by atoms with Crippen LogP contribution >= 0.6 is 67.9 Å². The van der Waals surface area contributed by atoms with Crippen molar-refractivity contribution in [2.75, 3.05) is 0 Å². The lowest BCUT2D eigenvalue weighted by molar-refractivity contribution is -0.142. The van der Waals surface area contributed by atoms with E-state index < -0.39 is 47.6 Å². The highest BCUT2D eigenvalue weighted by Gasteiger charge is 2.32. The van der Waals surface area contributed by atoms with Crippen molar-refractivity contribution in [3.8, 4) is 11.8 Å². The Morgan fingerprint density at radius 1 is 0.678 bits per heavy atom. The van der Waals surface area contributed by atoms with Gasteiger partial charge in [0.15, 0.2) is 9.54 Å². The number of hydrogen-bond donors (Lipinski definition) is 6. The molecule has 4 heterocycles. The standard InChI is InChI=1S/C20H13BrClN3O4S.C20H14BrN3O4S/c21-11-7-10-13(8-12(11)22)23-17(26)15(10)16-18(27)25(20(30)24-16)14(19(28)29)6-9-4-2-1-3-5-9;21-11-6-7-13-12(9-11)15(17(25)22-13)16-18(26)24(20(29)23-16)14(19(27)28)8-10-4-2-1-3-5-10/h1-5,7-8,14,27H,6H2,(H,24,30)(H,28,29);1-7,9,14,26H,8H2,(H,23,29)(H,27,28). The molecule has 2 aliphatic heterocycles. The number of carbonyl (C=O) groups is 4. The average molecular weight is 979 g/mol. The Labute approximate surface area is 364 Å². The minimum absolute atomic E-state index is 0.00424. The first kappa shape index (κ1) is 41.4. The number of aromatic hydroxyl groups is 2. The molecular weight excluding hydrogens is 952 g/mol. The molecule has 0 saturated heterocycles. The highest BCUT2D eigenvalue weighted by molar-refractivity contribution is 9.10. The van der Waals surface area contributed by atoms with Crippen molar-refractivity contribution in [2.45, 2.75) is 24.9 Å². The van der Waals surface area contributed by atoms with Gasteiger partial charge in [-0.3, -0.25) is 18.7 Å². The quantitative estimate of drug-likeness (QED) is 0.0996. The van der Waals surface area contributed by atoms with E-state index in [9.17, 15) is 39.6 Å². The van der Waals surface area contributed by atoms with Crippen molar-refractivity contribution >= 4 is 103 Å².